The Morgan fingerprint density at radius 3 is 2.67 bits per heavy atom. The topological polar surface area (TPSA) is 0 Å². The van der Waals surface area contributed by atoms with Gasteiger partial charge in [-0.25, -0.2) is 0 Å². The van der Waals surface area contributed by atoms with Crippen molar-refractivity contribution >= 4 is 11.6 Å². The van der Waals surface area contributed by atoms with E-state index in [1.165, 1.54) is 11.1 Å². The normalized spacial score (nSPS) is 25.1. The number of hydrogen-bond donors (Lipinski definition) is 0. The van der Waals surface area contributed by atoms with Gasteiger partial charge in [-0.3, -0.25) is 0 Å². The van der Waals surface area contributed by atoms with Crippen LogP contribution in [0.15, 0.2) is 48.1 Å². The van der Waals surface area contributed by atoms with E-state index >= 15 is 0 Å². The average Bonchev–Trinajstić information content (AvgIpc) is 2.23. The van der Waals surface area contributed by atoms with Gasteiger partial charge in [-0.1, -0.05) is 60.5 Å². The summed E-state index contributed by atoms with van der Waals surface area (Å²) < 4.78 is 0. The molecule has 1 aliphatic rings. The van der Waals surface area contributed by atoms with E-state index in [1.807, 2.05) is 12.1 Å². The van der Waals surface area contributed by atoms with Crippen LogP contribution in [0, 0.1) is 0 Å². The van der Waals surface area contributed by atoms with Crippen LogP contribution in [0.1, 0.15) is 25.8 Å². The van der Waals surface area contributed by atoms with Crippen molar-refractivity contribution in [2.75, 3.05) is 0 Å². The van der Waals surface area contributed by atoms with E-state index in [2.05, 4.69) is 44.2 Å². The second-order valence-electron chi connectivity index (χ2n) is 4.29. The summed E-state index contributed by atoms with van der Waals surface area (Å²) in [7, 11) is 0. The number of rotatable bonds is 1. The molecule has 0 N–H and O–H groups in total. The van der Waals surface area contributed by atoms with Crippen LogP contribution in [-0.4, -0.2) is 0 Å². The lowest BCUT2D eigenvalue weighted by molar-refractivity contribution is 0.560. The quantitative estimate of drug-likeness (QED) is 0.651. The minimum absolute atomic E-state index is 0.0626. The molecule has 0 nitrogen and oxygen atoms in total. The largest absolute Gasteiger partial charge is 0.0840 e. The lowest BCUT2D eigenvalue weighted by Crippen LogP contribution is -2.24. The van der Waals surface area contributed by atoms with Gasteiger partial charge in [0.2, 0.25) is 0 Å². The predicted octanol–water partition coefficient (Wildman–Crippen LogP) is 4.50. The maximum absolute atomic E-state index is 6.26. The lowest BCUT2D eigenvalue weighted by atomic mass is 9.72. The number of halogens is 1. The van der Waals surface area contributed by atoms with Crippen molar-refractivity contribution in [2.24, 2.45) is 0 Å². The molecule has 0 saturated heterocycles. The van der Waals surface area contributed by atoms with Gasteiger partial charge < -0.3 is 0 Å². The van der Waals surface area contributed by atoms with Crippen molar-refractivity contribution < 1.29 is 0 Å². The Balaban J connectivity index is 2.51. The molecule has 1 heteroatoms. The number of allylic oxidation sites excluding steroid dienone is 4. The first-order valence-corrected chi connectivity index (χ1v) is 5.61. The number of benzene rings is 1. The fourth-order valence-corrected chi connectivity index (χ4v) is 2.44. The summed E-state index contributed by atoms with van der Waals surface area (Å²) in [6.07, 6.45) is 7.52. The summed E-state index contributed by atoms with van der Waals surface area (Å²) in [5.74, 6) is 0. The van der Waals surface area contributed by atoms with Crippen molar-refractivity contribution in [3.63, 3.8) is 0 Å². The SMILES string of the molecule is CC1=CC=CCC1(C)c1ccccc1Cl. The molecular formula is C14H15Cl. The first-order valence-electron chi connectivity index (χ1n) is 5.23. The van der Waals surface area contributed by atoms with Crippen molar-refractivity contribution in [2.45, 2.75) is 25.7 Å². The molecule has 0 aromatic heterocycles. The van der Waals surface area contributed by atoms with Gasteiger partial charge in [-0.15, -0.1) is 0 Å². The second-order valence-corrected chi connectivity index (χ2v) is 4.70. The summed E-state index contributed by atoms with van der Waals surface area (Å²) in [4.78, 5) is 0. The van der Waals surface area contributed by atoms with Gasteiger partial charge in [-0.2, -0.15) is 0 Å². The van der Waals surface area contributed by atoms with E-state index in [-0.39, 0.29) is 5.41 Å². The first-order chi connectivity index (χ1) is 7.14. The minimum Gasteiger partial charge on any atom is -0.0840 e. The summed E-state index contributed by atoms with van der Waals surface area (Å²) in [6.45, 7) is 4.43. The zero-order valence-electron chi connectivity index (χ0n) is 9.13. The van der Waals surface area contributed by atoms with E-state index in [9.17, 15) is 0 Å². The maximum Gasteiger partial charge on any atom is 0.0446 e. The molecule has 78 valence electrons. The van der Waals surface area contributed by atoms with Crippen molar-refractivity contribution in [1.29, 1.82) is 0 Å². The molecule has 0 saturated carbocycles. The molecular weight excluding hydrogens is 204 g/mol. The van der Waals surface area contributed by atoms with Crippen LogP contribution in [0.2, 0.25) is 5.02 Å². The second kappa shape index (κ2) is 3.86. The summed E-state index contributed by atoms with van der Waals surface area (Å²) in [6, 6.07) is 8.12. The van der Waals surface area contributed by atoms with Crippen molar-refractivity contribution in [3.05, 3.63) is 58.7 Å². The molecule has 0 radical (unpaired) electrons. The van der Waals surface area contributed by atoms with Crippen LogP contribution in [0.25, 0.3) is 0 Å². The van der Waals surface area contributed by atoms with Crippen LogP contribution in [-0.2, 0) is 5.41 Å². The molecule has 15 heavy (non-hydrogen) atoms. The molecule has 1 aliphatic carbocycles. The molecule has 0 amide bonds. The van der Waals surface area contributed by atoms with Gasteiger partial charge in [0.15, 0.2) is 0 Å². The van der Waals surface area contributed by atoms with Crippen LogP contribution in [0.3, 0.4) is 0 Å². The molecule has 2 rings (SSSR count). The molecule has 0 fully saturated rings. The Labute approximate surface area is 96.3 Å². The summed E-state index contributed by atoms with van der Waals surface area (Å²) in [5, 5.41) is 0.864. The third-order valence-corrected chi connectivity index (χ3v) is 3.68. The standard InChI is InChI=1S/C14H15Cl/c1-11-7-5-6-10-14(11,2)12-8-3-4-9-13(12)15/h3-9H,10H2,1-2H3. The zero-order valence-corrected chi connectivity index (χ0v) is 9.88. The van der Waals surface area contributed by atoms with Gasteiger partial charge in [0, 0.05) is 10.4 Å². The van der Waals surface area contributed by atoms with E-state index < -0.39 is 0 Å². The molecule has 0 heterocycles. The fourth-order valence-electron chi connectivity index (χ4n) is 2.09. The Bertz CT molecular complexity index is 429. The number of hydrogen-bond acceptors (Lipinski definition) is 0. The molecule has 0 aliphatic heterocycles. The maximum atomic E-state index is 6.26. The molecule has 1 atom stereocenters. The van der Waals surface area contributed by atoms with Gasteiger partial charge in [0.1, 0.15) is 0 Å². The Hall–Kier alpha value is -1.01. The van der Waals surface area contributed by atoms with Gasteiger partial charge in [-0.05, 0) is 25.0 Å². The molecule has 1 aromatic rings. The van der Waals surface area contributed by atoms with E-state index in [0.29, 0.717) is 0 Å². The highest BCUT2D eigenvalue weighted by molar-refractivity contribution is 6.31. The van der Waals surface area contributed by atoms with E-state index in [0.717, 1.165) is 11.4 Å². The van der Waals surface area contributed by atoms with Gasteiger partial charge >= 0.3 is 0 Å². The average molecular weight is 219 g/mol. The van der Waals surface area contributed by atoms with E-state index in [4.69, 9.17) is 11.6 Å². The Morgan fingerprint density at radius 1 is 1.27 bits per heavy atom. The molecule has 0 spiro atoms. The third-order valence-electron chi connectivity index (χ3n) is 3.35. The Kier molecular flexibility index (Phi) is 2.70. The van der Waals surface area contributed by atoms with Gasteiger partial charge in [0.05, 0.1) is 0 Å². The van der Waals surface area contributed by atoms with Crippen LogP contribution < -0.4 is 0 Å². The fraction of sp³-hybridized carbons (Fsp3) is 0.286. The molecule has 1 aromatic carbocycles. The van der Waals surface area contributed by atoms with Crippen molar-refractivity contribution in [1.82, 2.24) is 0 Å². The summed E-state index contributed by atoms with van der Waals surface area (Å²) in [5.41, 5.74) is 2.66. The monoisotopic (exact) mass is 218 g/mol. The van der Waals surface area contributed by atoms with Crippen molar-refractivity contribution in [3.8, 4) is 0 Å². The van der Waals surface area contributed by atoms with Crippen LogP contribution in [0.5, 0.6) is 0 Å². The van der Waals surface area contributed by atoms with E-state index in [1.54, 1.807) is 0 Å². The molecule has 1 unspecified atom stereocenters. The minimum atomic E-state index is 0.0626. The Morgan fingerprint density at radius 2 is 2.00 bits per heavy atom. The smallest absolute Gasteiger partial charge is 0.0446 e. The van der Waals surface area contributed by atoms with Crippen LogP contribution in [0.4, 0.5) is 0 Å². The van der Waals surface area contributed by atoms with Gasteiger partial charge in [0.25, 0.3) is 0 Å². The van der Waals surface area contributed by atoms with Crippen LogP contribution >= 0.6 is 11.6 Å². The highest BCUT2D eigenvalue weighted by Crippen LogP contribution is 2.40. The summed E-state index contributed by atoms with van der Waals surface area (Å²) >= 11 is 6.26. The predicted molar refractivity (Wildman–Crippen MR) is 66.3 cm³/mol. The zero-order chi connectivity index (χ0) is 10.9. The highest BCUT2D eigenvalue weighted by Gasteiger charge is 2.30. The lowest BCUT2D eigenvalue weighted by Gasteiger charge is -2.33. The first kappa shape index (κ1) is 10.5. The third kappa shape index (κ3) is 1.74. The molecule has 0 bridgehead atoms. The highest BCUT2D eigenvalue weighted by atomic mass is 35.5.